The number of aromatic nitrogens is 2. The van der Waals surface area contributed by atoms with Crippen LogP contribution in [0.5, 0.6) is 0 Å². The van der Waals surface area contributed by atoms with Gasteiger partial charge in [0.15, 0.2) is 0 Å². The molecule has 0 fully saturated rings. The number of nitriles is 1. The van der Waals surface area contributed by atoms with E-state index >= 15 is 0 Å². The van der Waals surface area contributed by atoms with Gasteiger partial charge in [0.2, 0.25) is 0 Å². The Labute approximate surface area is 66.3 Å². The van der Waals surface area contributed by atoms with Crippen LogP contribution in [0.4, 0.5) is 0 Å². The molecule has 11 heavy (non-hydrogen) atoms. The number of hydrogen-bond donors (Lipinski definition) is 0. The van der Waals surface area contributed by atoms with E-state index in [4.69, 9.17) is 5.26 Å². The molecule has 0 saturated heterocycles. The smallest absolute Gasteiger partial charge is 0.0671 e. The summed E-state index contributed by atoms with van der Waals surface area (Å²) in [6, 6.07) is 2.11. The fourth-order valence-corrected chi connectivity index (χ4v) is 0.980. The maximum Gasteiger partial charge on any atom is 0.0671 e. The van der Waals surface area contributed by atoms with E-state index in [1.165, 1.54) is 0 Å². The van der Waals surface area contributed by atoms with Crippen molar-refractivity contribution in [1.82, 2.24) is 9.78 Å². The standard InChI is InChI=1S/C8H11N3/c1-3-11-6-8(4-5-9)7(2)10-11/h6H,3-4H2,1-2H3. The van der Waals surface area contributed by atoms with Gasteiger partial charge < -0.3 is 0 Å². The van der Waals surface area contributed by atoms with Crippen LogP contribution in [-0.2, 0) is 13.0 Å². The Balaban J connectivity index is 2.90. The third-order valence-corrected chi connectivity index (χ3v) is 1.64. The largest absolute Gasteiger partial charge is 0.272 e. The van der Waals surface area contributed by atoms with E-state index in [2.05, 4.69) is 11.2 Å². The van der Waals surface area contributed by atoms with Crippen LogP contribution in [0.3, 0.4) is 0 Å². The Hall–Kier alpha value is -1.30. The van der Waals surface area contributed by atoms with Crippen LogP contribution in [0.1, 0.15) is 18.2 Å². The molecule has 0 bridgehead atoms. The average Bonchev–Trinajstić information content (AvgIpc) is 2.33. The lowest BCUT2D eigenvalue weighted by molar-refractivity contribution is 0.653. The maximum absolute atomic E-state index is 8.44. The monoisotopic (exact) mass is 149 g/mol. The molecule has 1 aromatic rings. The van der Waals surface area contributed by atoms with Crippen LogP contribution in [0.25, 0.3) is 0 Å². The minimum atomic E-state index is 0.464. The summed E-state index contributed by atoms with van der Waals surface area (Å²) in [5.74, 6) is 0. The highest BCUT2D eigenvalue weighted by Crippen LogP contribution is 2.05. The average molecular weight is 149 g/mol. The van der Waals surface area contributed by atoms with Crippen LogP contribution < -0.4 is 0 Å². The molecule has 1 rings (SSSR count). The summed E-state index contributed by atoms with van der Waals surface area (Å²) in [4.78, 5) is 0. The Morgan fingerprint density at radius 1 is 1.73 bits per heavy atom. The van der Waals surface area contributed by atoms with Crippen molar-refractivity contribution in [3.05, 3.63) is 17.5 Å². The number of nitrogens with zero attached hydrogens (tertiary/aromatic N) is 3. The molecular formula is C8H11N3. The van der Waals surface area contributed by atoms with Crippen molar-refractivity contribution >= 4 is 0 Å². The highest BCUT2D eigenvalue weighted by atomic mass is 15.3. The molecule has 0 atom stereocenters. The summed E-state index contributed by atoms with van der Waals surface area (Å²) >= 11 is 0. The molecule has 0 spiro atoms. The predicted molar refractivity (Wildman–Crippen MR) is 42.0 cm³/mol. The predicted octanol–water partition coefficient (Wildman–Crippen LogP) is 1.28. The molecule has 0 radical (unpaired) electrons. The van der Waals surface area contributed by atoms with Gasteiger partial charge in [-0.1, -0.05) is 0 Å². The summed E-state index contributed by atoms with van der Waals surface area (Å²) in [5, 5.41) is 12.7. The third-order valence-electron chi connectivity index (χ3n) is 1.64. The minimum absolute atomic E-state index is 0.464. The van der Waals surface area contributed by atoms with Crippen LogP contribution in [-0.4, -0.2) is 9.78 Å². The van der Waals surface area contributed by atoms with Crippen molar-refractivity contribution in [2.45, 2.75) is 26.8 Å². The maximum atomic E-state index is 8.44. The first kappa shape index (κ1) is 7.80. The van der Waals surface area contributed by atoms with Gasteiger partial charge in [-0.05, 0) is 13.8 Å². The molecule has 58 valence electrons. The molecule has 3 heteroatoms. The zero-order valence-electron chi connectivity index (χ0n) is 6.83. The first-order valence-electron chi connectivity index (χ1n) is 3.67. The van der Waals surface area contributed by atoms with Crippen molar-refractivity contribution in [3.8, 4) is 6.07 Å². The Morgan fingerprint density at radius 3 is 2.91 bits per heavy atom. The molecule has 1 aromatic heterocycles. The lowest BCUT2D eigenvalue weighted by Crippen LogP contribution is -1.93. The molecule has 0 aliphatic heterocycles. The second kappa shape index (κ2) is 3.20. The van der Waals surface area contributed by atoms with Gasteiger partial charge in [0.05, 0.1) is 18.2 Å². The van der Waals surface area contributed by atoms with E-state index in [0.717, 1.165) is 17.8 Å². The molecule has 0 amide bonds. The summed E-state index contributed by atoms with van der Waals surface area (Å²) in [7, 11) is 0. The molecule has 0 aliphatic carbocycles. The molecule has 0 saturated carbocycles. The minimum Gasteiger partial charge on any atom is -0.272 e. The fraction of sp³-hybridized carbons (Fsp3) is 0.500. The number of hydrogen-bond acceptors (Lipinski definition) is 2. The molecule has 0 aromatic carbocycles. The van der Waals surface area contributed by atoms with Crippen LogP contribution in [0, 0.1) is 18.3 Å². The normalized spacial score (nSPS) is 9.55. The van der Waals surface area contributed by atoms with Gasteiger partial charge in [-0.2, -0.15) is 10.4 Å². The van der Waals surface area contributed by atoms with Gasteiger partial charge in [0, 0.05) is 18.3 Å². The van der Waals surface area contributed by atoms with Gasteiger partial charge in [0.25, 0.3) is 0 Å². The number of rotatable bonds is 2. The van der Waals surface area contributed by atoms with Gasteiger partial charge in [0.1, 0.15) is 0 Å². The van der Waals surface area contributed by atoms with Crippen molar-refractivity contribution in [2.75, 3.05) is 0 Å². The van der Waals surface area contributed by atoms with Gasteiger partial charge in [-0.25, -0.2) is 0 Å². The van der Waals surface area contributed by atoms with Crippen molar-refractivity contribution in [1.29, 1.82) is 5.26 Å². The van der Waals surface area contributed by atoms with Gasteiger partial charge >= 0.3 is 0 Å². The lowest BCUT2D eigenvalue weighted by atomic mass is 10.2. The SMILES string of the molecule is CCn1cc(CC#N)c(C)n1. The van der Waals surface area contributed by atoms with E-state index < -0.39 is 0 Å². The highest BCUT2D eigenvalue weighted by molar-refractivity contribution is 5.18. The highest BCUT2D eigenvalue weighted by Gasteiger charge is 2.01. The Kier molecular flexibility index (Phi) is 2.27. The zero-order chi connectivity index (χ0) is 8.27. The van der Waals surface area contributed by atoms with Crippen LogP contribution >= 0.6 is 0 Å². The van der Waals surface area contributed by atoms with Gasteiger partial charge in [-0.3, -0.25) is 4.68 Å². The van der Waals surface area contributed by atoms with Crippen LogP contribution in [0.2, 0.25) is 0 Å². The molecule has 1 heterocycles. The van der Waals surface area contributed by atoms with E-state index in [-0.39, 0.29) is 0 Å². The van der Waals surface area contributed by atoms with Crippen molar-refractivity contribution < 1.29 is 0 Å². The molecule has 3 nitrogen and oxygen atoms in total. The third kappa shape index (κ3) is 1.58. The second-order valence-corrected chi connectivity index (χ2v) is 2.43. The van der Waals surface area contributed by atoms with E-state index in [0.29, 0.717) is 6.42 Å². The first-order chi connectivity index (χ1) is 5.27. The molecular weight excluding hydrogens is 138 g/mol. The summed E-state index contributed by atoms with van der Waals surface area (Å²) in [5.41, 5.74) is 2.00. The quantitative estimate of drug-likeness (QED) is 0.635. The van der Waals surface area contributed by atoms with Gasteiger partial charge in [-0.15, -0.1) is 0 Å². The second-order valence-electron chi connectivity index (χ2n) is 2.43. The zero-order valence-corrected chi connectivity index (χ0v) is 6.83. The fourth-order valence-electron chi connectivity index (χ4n) is 0.980. The Morgan fingerprint density at radius 2 is 2.45 bits per heavy atom. The van der Waals surface area contributed by atoms with Crippen molar-refractivity contribution in [2.24, 2.45) is 0 Å². The molecule has 0 aliphatic rings. The molecule has 0 unspecified atom stereocenters. The summed E-state index contributed by atoms with van der Waals surface area (Å²) < 4.78 is 1.85. The lowest BCUT2D eigenvalue weighted by Gasteiger charge is -1.89. The topological polar surface area (TPSA) is 41.6 Å². The Bertz CT molecular complexity index is 280. The van der Waals surface area contributed by atoms with E-state index in [9.17, 15) is 0 Å². The van der Waals surface area contributed by atoms with E-state index in [1.807, 2.05) is 24.7 Å². The summed E-state index contributed by atoms with van der Waals surface area (Å²) in [6.07, 6.45) is 2.39. The summed E-state index contributed by atoms with van der Waals surface area (Å²) in [6.45, 7) is 4.83. The van der Waals surface area contributed by atoms with E-state index in [1.54, 1.807) is 0 Å². The van der Waals surface area contributed by atoms with Crippen LogP contribution in [0.15, 0.2) is 6.20 Å². The van der Waals surface area contributed by atoms with Crippen molar-refractivity contribution in [3.63, 3.8) is 0 Å². The number of aryl methyl sites for hydroxylation is 2. The molecule has 0 N–H and O–H groups in total. The first-order valence-corrected chi connectivity index (χ1v) is 3.67.